The molecule has 2 saturated heterocycles. The van der Waals surface area contributed by atoms with Gasteiger partial charge < -0.3 is 14.4 Å². The van der Waals surface area contributed by atoms with Gasteiger partial charge in [-0.3, -0.25) is 4.79 Å². The van der Waals surface area contributed by atoms with Crippen LogP contribution in [-0.2, 0) is 14.3 Å². The van der Waals surface area contributed by atoms with Crippen molar-refractivity contribution >= 4 is 18.1 Å². The largest absolute Gasteiger partial charge is 0.444 e. The van der Waals surface area contributed by atoms with Crippen LogP contribution in [-0.4, -0.2) is 59.2 Å². The van der Waals surface area contributed by atoms with Crippen molar-refractivity contribution in [3.63, 3.8) is 0 Å². The molecular weight excluding hydrogens is 264 g/mol. The molecule has 2 aliphatic heterocycles. The van der Waals surface area contributed by atoms with Crippen LogP contribution >= 0.6 is 0 Å². The summed E-state index contributed by atoms with van der Waals surface area (Å²) in [6.45, 7) is 6.21. The van der Waals surface area contributed by atoms with Crippen LogP contribution < -0.4 is 0 Å². The summed E-state index contributed by atoms with van der Waals surface area (Å²) in [6, 6.07) is -0.184. The minimum Gasteiger partial charge on any atom is -0.444 e. The van der Waals surface area contributed by atoms with Crippen molar-refractivity contribution in [2.45, 2.75) is 45.3 Å². The van der Waals surface area contributed by atoms with Gasteiger partial charge in [-0.1, -0.05) is 0 Å². The van der Waals surface area contributed by atoms with Gasteiger partial charge in [-0.05, 0) is 33.6 Å². The molecule has 0 aromatic heterocycles. The van der Waals surface area contributed by atoms with Crippen LogP contribution in [0.5, 0.6) is 0 Å². The van der Waals surface area contributed by atoms with Crippen LogP contribution in [0.4, 0.5) is 9.59 Å². The van der Waals surface area contributed by atoms with Crippen molar-refractivity contribution in [2.24, 2.45) is 0 Å². The van der Waals surface area contributed by atoms with Crippen LogP contribution in [0.3, 0.4) is 0 Å². The zero-order valence-electron chi connectivity index (χ0n) is 12.0. The Morgan fingerprint density at radius 2 is 1.85 bits per heavy atom. The topological polar surface area (TPSA) is 76.2 Å². The molecule has 0 atom stereocenters. The number of amides is 3. The lowest BCUT2D eigenvalue weighted by Crippen LogP contribution is -2.49. The fourth-order valence-electron chi connectivity index (χ4n) is 2.35. The standard InChI is InChI=1S/C13H20N2O5/c1-13(2,3)20-11(17)14-6-4-9(5-7-14)15-10(16)8-19-12(15)18/h9H,4-8H2,1-3H3. The van der Waals surface area contributed by atoms with E-state index < -0.39 is 11.7 Å². The monoisotopic (exact) mass is 284 g/mol. The first-order valence-corrected chi connectivity index (χ1v) is 6.74. The third kappa shape index (κ3) is 3.20. The molecule has 3 amide bonds. The third-order valence-electron chi connectivity index (χ3n) is 3.27. The van der Waals surface area contributed by atoms with Gasteiger partial charge >= 0.3 is 12.2 Å². The zero-order valence-corrected chi connectivity index (χ0v) is 12.0. The Kier molecular flexibility index (Phi) is 3.87. The van der Waals surface area contributed by atoms with Crippen molar-refractivity contribution < 1.29 is 23.9 Å². The first-order chi connectivity index (χ1) is 9.28. The molecule has 2 heterocycles. The number of carbonyl (C=O) groups excluding carboxylic acids is 3. The van der Waals surface area contributed by atoms with E-state index in [0.717, 1.165) is 0 Å². The van der Waals surface area contributed by atoms with Gasteiger partial charge in [-0.25, -0.2) is 14.5 Å². The molecule has 7 nitrogen and oxygen atoms in total. The van der Waals surface area contributed by atoms with E-state index in [1.165, 1.54) is 4.90 Å². The number of nitrogens with zero attached hydrogens (tertiary/aromatic N) is 2. The Hall–Kier alpha value is -1.79. The summed E-state index contributed by atoms with van der Waals surface area (Å²) in [5.74, 6) is -0.300. The van der Waals surface area contributed by atoms with Crippen LogP contribution in [0.1, 0.15) is 33.6 Å². The number of piperidine rings is 1. The van der Waals surface area contributed by atoms with E-state index in [-0.39, 0.29) is 24.6 Å². The predicted molar refractivity (Wildman–Crippen MR) is 69.0 cm³/mol. The number of hydrogen-bond donors (Lipinski definition) is 0. The maximum absolute atomic E-state index is 11.9. The number of cyclic esters (lactones) is 1. The fourth-order valence-corrected chi connectivity index (χ4v) is 2.35. The number of hydrogen-bond acceptors (Lipinski definition) is 5. The Morgan fingerprint density at radius 1 is 1.25 bits per heavy atom. The number of likely N-dealkylation sites (tertiary alicyclic amines) is 1. The van der Waals surface area contributed by atoms with Crippen LogP contribution in [0, 0.1) is 0 Å². The highest BCUT2D eigenvalue weighted by Gasteiger charge is 2.39. The van der Waals surface area contributed by atoms with Crippen molar-refractivity contribution in [3.8, 4) is 0 Å². The number of rotatable bonds is 1. The predicted octanol–water partition coefficient (Wildman–Crippen LogP) is 1.36. The highest BCUT2D eigenvalue weighted by molar-refractivity contribution is 5.98. The summed E-state index contributed by atoms with van der Waals surface area (Å²) in [5.41, 5.74) is -0.525. The lowest BCUT2D eigenvalue weighted by atomic mass is 10.0. The maximum atomic E-state index is 11.9. The highest BCUT2D eigenvalue weighted by atomic mass is 16.6. The highest BCUT2D eigenvalue weighted by Crippen LogP contribution is 2.22. The van der Waals surface area contributed by atoms with E-state index in [9.17, 15) is 14.4 Å². The van der Waals surface area contributed by atoms with E-state index in [0.29, 0.717) is 25.9 Å². The van der Waals surface area contributed by atoms with Crippen LogP contribution in [0.2, 0.25) is 0 Å². The summed E-state index contributed by atoms with van der Waals surface area (Å²) in [4.78, 5) is 37.7. The van der Waals surface area contributed by atoms with Gasteiger partial charge in [0.25, 0.3) is 5.91 Å². The quantitative estimate of drug-likeness (QED) is 0.726. The van der Waals surface area contributed by atoms with Crippen LogP contribution in [0.25, 0.3) is 0 Å². The average Bonchev–Trinajstić information content (AvgIpc) is 2.67. The summed E-state index contributed by atoms with van der Waals surface area (Å²) in [7, 11) is 0. The van der Waals surface area contributed by atoms with Crippen molar-refractivity contribution in [3.05, 3.63) is 0 Å². The number of ether oxygens (including phenoxy) is 2. The molecule has 20 heavy (non-hydrogen) atoms. The second-order valence-electron chi connectivity index (χ2n) is 6.02. The summed E-state index contributed by atoms with van der Waals surface area (Å²) in [6.07, 6.45) is 0.178. The molecular formula is C13H20N2O5. The zero-order chi connectivity index (χ0) is 14.9. The Morgan fingerprint density at radius 3 is 2.30 bits per heavy atom. The maximum Gasteiger partial charge on any atom is 0.417 e. The first-order valence-electron chi connectivity index (χ1n) is 6.74. The minimum absolute atomic E-state index is 0.175. The number of carbonyl (C=O) groups is 3. The first kappa shape index (κ1) is 14.6. The molecule has 0 spiro atoms. The fraction of sp³-hybridized carbons (Fsp3) is 0.769. The van der Waals surface area contributed by atoms with E-state index >= 15 is 0 Å². The van der Waals surface area contributed by atoms with Gasteiger partial charge in [0.2, 0.25) is 0 Å². The lowest BCUT2D eigenvalue weighted by molar-refractivity contribution is -0.127. The summed E-state index contributed by atoms with van der Waals surface area (Å²) >= 11 is 0. The molecule has 0 saturated carbocycles. The van der Waals surface area contributed by atoms with Gasteiger partial charge in [-0.2, -0.15) is 0 Å². The Balaban J connectivity index is 1.88. The second kappa shape index (κ2) is 5.30. The third-order valence-corrected chi connectivity index (χ3v) is 3.27. The summed E-state index contributed by atoms with van der Waals surface area (Å²) < 4.78 is 10.00. The molecule has 0 unspecified atom stereocenters. The molecule has 0 aliphatic carbocycles. The summed E-state index contributed by atoms with van der Waals surface area (Å²) in [5, 5.41) is 0. The van der Waals surface area contributed by atoms with E-state index in [1.54, 1.807) is 4.90 Å². The van der Waals surface area contributed by atoms with Crippen molar-refractivity contribution in [2.75, 3.05) is 19.7 Å². The van der Waals surface area contributed by atoms with Crippen molar-refractivity contribution in [1.82, 2.24) is 9.80 Å². The SMILES string of the molecule is CC(C)(C)OC(=O)N1CCC(N2C(=O)COC2=O)CC1. The van der Waals surface area contributed by atoms with E-state index in [1.807, 2.05) is 20.8 Å². The normalized spacial score (nSPS) is 21.1. The number of imide groups is 1. The van der Waals surface area contributed by atoms with Crippen LogP contribution in [0.15, 0.2) is 0 Å². The van der Waals surface area contributed by atoms with Gasteiger partial charge in [-0.15, -0.1) is 0 Å². The molecule has 7 heteroatoms. The van der Waals surface area contributed by atoms with Gasteiger partial charge in [0, 0.05) is 19.1 Å². The second-order valence-corrected chi connectivity index (χ2v) is 6.02. The van der Waals surface area contributed by atoms with E-state index in [4.69, 9.17) is 9.47 Å². The minimum atomic E-state index is -0.578. The molecule has 0 aromatic rings. The Bertz CT molecular complexity index is 405. The molecule has 2 aliphatic rings. The molecule has 2 rings (SSSR count). The smallest absolute Gasteiger partial charge is 0.417 e. The molecule has 0 bridgehead atoms. The van der Waals surface area contributed by atoms with E-state index in [2.05, 4.69) is 0 Å². The average molecular weight is 284 g/mol. The Labute approximate surface area is 117 Å². The lowest BCUT2D eigenvalue weighted by Gasteiger charge is -2.35. The molecule has 112 valence electrons. The molecule has 2 fully saturated rings. The van der Waals surface area contributed by atoms with Gasteiger partial charge in [0.1, 0.15) is 5.60 Å². The van der Waals surface area contributed by atoms with Gasteiger partial charge in [0.05, 0.1) is 0 Å². The molecule has 0 aromatic carbocycles. The molecule has 0 N–H and O–H groups in total. The molecule has 0 radical (unpaired) electrons. The van der Waals surface area contributed by atoms with Gasteiger partial charge in [0.15, 0.2) is 6.61 Å². The van der Waals surface area contributed by atoms with Crippen molar-refractivity contribution in [1.29, 1.82) is 0 Å².